The standard InChI is InChI=1S/C20H23ClN2O3/c1-24-18-10-16(11-19-20(18)26-14-25-19)13-23-8-6-22(7-9-23)12-15-2-4-17(21)5-3-15/h2-5,10-11H,6-9,12-14H2,1H3. The fourth-order valence-electron chi connectivity index (χ4n) is 3.49. The van der Waals surface area contributed by atoms with Crippen LogP contribution < -0.4 is 14.2 Å². The van der Waals surface area contributed by atoms with Crippen molar-refractivity contribution in [3.63, 3.8) is 0 Å². The molecule has 2 aliphatic rings. The number of methoxy groups -OCH3 is 1. The smallest absolute Gasteiger partial charge is 0.231 e. The van der Waals surface area contributed by atoms with Crippen molar-refractivity contribution in [3.05, 3.63) is 52.5 Å². The van der Waals surface area contributed by atoms with Crippen LogP contribution in [-0.2, 0) is 13.1 Å². The van der Waals surface area contributed by atoms with Crippen LogP contribution in [0.3, 0.4) is 0 Å². The first-order valence-corrected chi connectivity index (χ1v) is 9.25. The minimum Gasteiger partial charge on any atom is -0.493 e. The molecule has 0 bridgehead atoms. The molecule has 0 unspecified atom stereocenters. The minimum atomic E-state index is 0.262. The fourth-order valence-corrected chi connectivity index (χ4v) is 3.61. The molecule has 1 fully saturated rings. The van der Waals surface area contributed by atoms with Crippen molar-refractivity contribution >= 4 is 11.6 Å². The van der Waals surface area contributed by atoms with Crippen molar-refractivity contribution < 1.29 is 14.2 Å². The highest BCUT2D eigenvalue weighted by atomic mass is 35.5. The third kappa shape index (κ3) is 3.90. The van der Waals surface area contributed by atoms with Gasteiger partial charge in [0.1, 0.15) is 0 Å². The van der Waals surface area contributed by atoms with Crippen LogP contribution in [0.1, 0.15) is 11.1 Å². The molecule has 0 aromatic heterocycles. The predicted octanol–water partition coefficient (Wildman–Crippen LogP) is 3.40. The molecule has 2 aliphatic heterocycles. The van der Waals surface area contributed by atoms with Crippen LogP contribution in [0.25, 0.3) is 0 Å². The summed E-state index contributed by atoms with van der Waals surface area (Å²) in [5.41, 5.74) is 2.50. The summed E-state index contributed by atoms with van der Waals surface area (Å²) in [6, 6.07) is 12.2. The second-order valence-corrected chi connectivity index (χ2v) is 7.15. The normalized spacial score (nSPS) is 17.5. The number of rotatable bonds is 5. The third-order valence-electron chi connectivity index (χ3n) is 4.91. The van der Waals surface area contributed by atoms with E-state index in [1.165, 1.54) is 11.1 Å². The van der Waals surface area contributed by atoms with E-state index in [9.17, 15) is 0 Å². The molecule has 0 spiro atoms. The van der Waals surface area contributed by atoms with E-state index in [-0.39, 0.29) is 6.79 Å². The Morgan fingerprint density at radius 3 is 2.23 bits per heavy atom. The summed E-state index contributed by atoms with van der Waals surface area (Å²) in [4.78, 5) is 4.95. The zero-order valence-electron chi connectivity index (χ0n) is 14.9. The number of halogens is 1. The van der Waals surface area contributed by atoms with E-state index in [4.69, 9.17) is 25.8 Å². The number of ether oxygens (including phenoxy) is 3. The highest BCUT2D eigenvalue weighted by Crippen LogP contribution is 2.42. The Hall–Kier alpha value is -1.95. The lowest BCUT2D eigenvalue weighted by atomic mass is 10.1. The number of benzene rings is 2. The quantitative estimate of drug-likeness (QED) is 0.801. The maximum absolute atomic E-state index is 5.96. The molecule has 0 amide bonds. The van der Waals surface area contributed by atoms with Crippen molar-refractivity contribution in [2.75, 3.05) is 40.1 Å². The van der Waals surface area contributed by atoms with Crippen molar-refractivity contribution in [3.8, 4) is 17.2 Å². The maximum atomic E-state index is 5.96. The molecular weight excluding hydrogens is 352 g/mol. The van der Waals surface area contributed by atoms with Crippen LogP contribution in [-0.4, -0.2) is 49.9 Å². The predicted molar refractivity (Wildman–Crippen MR) is 101 cm³/mol. The van der Waals surface area contributed by atoms with Crippen LogP contribution in [0.5, 0.6) is 17.2 Å². The van der Waals surface area contributed by atoms with Gasteiger partial charge in [-0.1, -0.05) is 23.7 Å². The Bertz CT molecular complexity index is 758. The molecule has 0 radical (unpaired) electrons. The van der Waals surface area contributed by atoms with Gasteiger partial charge in [-0.2, -0.15) is 0 Å². The second kappa shape index (κ2) is 7.74. The Morgan fingerprint density at radius 1 is 0.923 bits per heavy atom. The molecule has 138 valence electrons. The van der Waals surface area contributed by atoms with Crippen LogP contribution in [0.4, 0.5) is 0 Å². The van der Waals surface area contributed by atoms with Crippen molar-refractivity contribution in [2.24, 2.45) is 0 Å². The number of fused-ring (bicyclic) bond motifs is 1. The SMILES string of the molecule is COc1cc(CN2CCN(Cc3ccc(Cl)cc3)CC2)cc2c1OCO2. The summed E-state index contributed by atoms with van der Waals surface area (Å²) < 4.78 is 16.4. The lowest BCUT2D eigenvalue weighted by Crippen LogP contribution is -2.45. The largest absolute Gasteiger partial charge is 0.493 e. The second-order valence-electron chi connectivity index (χ2n) is 6.71. The summed E-state index contributed by atoms with van der Waals surface area (Å²) >= 11 is 5.96. The van der Waals surface area contributed by atoms with Gasteiger partial charge >= 0.3 is 0 Å². The zero-order valence-corrected chi connectivity index (χ0v) is 15.7. The Balaban J connectivity index is 1.33. The molecule has 2 aromatic rings. The van der Waals surface area contributed by atoms with E-state index in [0.29, 0.717) is 5.75 Å². The van der Waals surface area contributed by atoms with Crippen molar-refractivity contribution in [2.45, 2.75) is 13.1 Å². The first-order chi connectivity index (χ1) is 12.7. The lowest BCUT2D eigenvalue weighted by Gasteiger charge is -2.34. The first-order valence-electron chi connectivity index (χ1n) is 8.87. The van der Waals surface area contributed by atoms with E-state index in [0.717, 1.165) is 55.8 Å². The third-order valence-corrected chi connectivity index (χ3v) is 5.16. The molecule has 0 aliphatic carbocycles. The Morgan fingerprint density at radius 2 is 1.58 bits per heavy atom. The van der Waals surface area contributed by atoms with E-state index in [2.05, 4.69) is 28.0 Å². The van der Waals surface area contributed by atoms with Gasteiger partial charge < -0.3 is 14.2 Å². The van der Waals surface area contributed by atoms with Crippen LogP contribution in [0.15, 0.2) is 36.4 Å². The zero-order chi connectivity index (χ0) is 17.9. The van der Waals surface area contributed by atoms with E-state index in [1.807, 2.05) is 18.2 Å². The van der Waals surface area contributed by atoms with Gasteiger partial charge in [-0.3, -0.25) is 9.80 Å². The molecule has 6 heteroatoms. The lowest BCUT2D eigenvalue weighted by molar-refractivity contribution is 0.122. The summed E-state index contributed by atoms with van der Waals surface area (Å²) in [5.74, 6) is 2.24. The van der Waals surface area contributed by atoms with E-state index >= 15 is 0 Å². The first kappa shape index (κ1) is 17.5. The molecule has 2 aromatic carbocycles. The maximum Gasteiger partial charge on any atom is 0.231 e. The van der Waals surface area contributed by atoms with E-state index in [1.54, 1.807) is 7.11 Å². The molecule has 5 nitrogen and oxygen atoms in total. The number of hydrogen-bond acceptors (Lipinski definition) is 5. The van der Waals surface area contributed by atoms with Crippen molar-refractivity contribution in [1.29, 1.82) is 0 Å². The molecule has 1 saturated heterocycles. The Labute approximate surface area is 159 Å². The average molecular weight is 375 g/mol. The molecule has 0 saturated carbocycles. The van der Waals surface area contributed by atoms with Gasteiger partial charge in [0.15, 0.2) is 11.5 Å². The highest BCUT2D eigenvalue weighted by Gasteiger charge is 2.22. The molecular formula is C20H23ClN2O3. The number of nitrogens with zero attached hydrogens (tertiary/aromatic N) is 2. The number of hydrogen-bond donors (Lipinski definition) is 0. The van der Waals surface area contributed by atoms with E-state index < -0.39 is 0 Å². The van der Waals surface area contributed by atoms with Gasteiger partial charge in [-0.05, 0) is 35.4 Å². The molecule has 26 heavy (non-hydrogen) atoms. The molecule has 4 rings (SSSR count). The summed E-state index contributed by atoms with van der Waals surface area (Å²) in [5, 5.41) is 0.790. The summed E-state index contributed by atoms with van der Waals surface area (Å²) in [6.07, 6.45) is 0. The van der Waals surface area contributed by atoms with Gasteiger partial charge in [0, 0.05) is 44.3 Å². The van der Waals surface area contributed by atoms with Crippen molar-refractivity contribution in [1.82, 2.24) is 9.80 Å². The van der Waals surface area contributed by atoms with Gasteiger partial charge in [-0.25, -0.2) is 0 Å². The van der Waals surface area contributed by atoms with Gasteiger partial charge in [-0.15, -0.1) is 0 Å². The fraction of sp³-hybridized carbons (Fsp3) is 0.400. The van der Waals surface area contributed by atoms with Crippen LogP contribution >= 0.6 is 11.6 Å². The minimum absolute atomic E-state index is 0.262. The Kier molecular flexibility index (Phi) is 5.20. The number of piperazine rings is 1. The molecule has 2 heterocycles. The van der Waals surface area contributed by atoms with Gasteiger partial charge in [0.2, 0.25) is 12.5 Å². The molecule has 0 N–H and O–H groups in total. The highest BCUT2D eigenvalue weighted by molar-refractivity contribution is 6.30. The average Bonchev–Trinajstić information content (AvgIpc) is 3.13. The van der Waals surface area contributed by atoms with Gasteiger partial charge in [0.25, 0.3) is 0 Å². The van der Waals surface area contributed by atoms with Crippen LogP contribution in [0, 0.1) is 0 Å². The summed E-state index contributed by atoms with van der Waals surface area (Å²) in [7, 11) is 1.66. The van der Waals surface area contributed by atoms with Gasteiger partial charge in [0.05, 0.1) is 7.11 Å². The monoisotopic (exact) mass is 374 g/mol. The molecule has 0 atom stereocenters. The summed E-state index contributed by atoms with van der Waals surface area (Å²) in [6.45, 7) is 6.34. The topological polar surface area (TPSA) is 34.2 Å². The van der Waals surface area contributed by atoms with Crippen LogP contribution in [0.2, 0.25) is 5.02 Å².